The SMILES string of the molecule is COCCC(C1CC1C(=O)NC1CC(C(F)(F)F)Oc2ccccc21)N1C(=O)CC(C)(C)N=C1N. The Morgan fingerprint density at radius 3 is 2.71 bits per heavy atom. The van der Waals surface area contributed by atoms with Crippen LogP contribution >= 0.6 is 0 Å². The highest BCUT2D eigenvalue weighted by Gasteiger charge is 2.53. The topological polar surface area (TPSA) is 106 Å². The van der Waals surface area contributed by atoms with E-state index in [9.17, 15) is 22.8 Å². The maximum absolute atomic E-state index is 13.4. The van der Waals surface area contributed by atoms with Gasteiger partial charge in [0.15, 0.2) is 12.1 Å². The van der Waals surface area contributed by atoms with Gasteiger partial charge in [-0.2, -0.15) is 13.2 Å². The van der Waals surface area contributed by atoms with Crippen LogP contribution < -0.4 is 15.8 Å². The molecule has 1 saturated carbocycles. The molecule has 192 valence electrons. The molecule has 3 aliphatic rings. The van der Waals surface area contributed by atoms with Gasteiger partial charge < -0.3 is 20.5 Å². The number of halogens is 3. The molecule has 5 atom stereocenters. The molecule has 2 amide bonds. The van der Waals surface area contributed by atoms with Crippen LogP contribution in [0.15, 0.2) is 29.3 Å². The van der Waals surface area contributed by atoms with Crippen LogP contribution in [0.3, 0.4) is 0 Å². The number of aliphatic imine (C=N–C) groups is 1. The number of guanidine groups is 1. The maximum atomic E-state index is 13.4. The summed E-state index contributed by atoms with van der Waals surface area (Å²) in [6.45, 7) is 4.01. The summed E-state index contributed by atoms with van der Waals surface area (Å²) >= 11 is 0. The summed E-state index contributed by atoms with van der Waals surface area (Å²) in [7, 11) is 1.55. The molecule has 0 radical (unpaired) electrons. The maximum Gasteiger partial charge on any atom is 0.425 e. The van der Waals surface area contributed by atoms with Crippen LogP contribution in [0.25, 0.3) is 0 Å². The number of fused-ring (bicyclic) bond motifs is 1. The largest absolute Gasteiger partial charge is 0.480 e. The van der Waals surface area contributed by atoms with E-state index in [4.69, 9.17) is 15.2 Å². The second-order valence-corrected chi connectivity index (χ2v) is 10.1. The number of amides is 2. The van der Waals surface area contributed by atoms with E-state index in [2.05, 4.69) is 10.3 Å². The van der Waals surface area contributed by atoms with Crippen molar-refractivity contribution in [2.75, 3.05) is 13.7 Å². The van der Waals surface area contributed by atoms with Crippen molar-refractivity contribution in [3.63, 3.8) is 0 Å². The Balaban J connectivity index is 1.50. The molecule has 1 aromatic rings. The molecule has 0 saturated heterocycles. The number of nitrogens with zero attached hydrogens (tertiary/aromatic N) is 2. The van der Waals surface area contributed by atoms with Crippen LogP contribution in [-0.2, 0) is 14.3 Å². The first kappa shape index (κ1) is 25.3. The lowest BCUT2D eigenvalue weighted by Crippen LogP contribution is -2.55. The van der Waals surface area contributed by atoms with Crippen LogP contribution in [0, 0.1) is 11.8 Å². The van der Waals surface area contributed by atoms with E-state index in [0.29, 0.717) is 25.0 Å². The minimum absolute atomic E-state index is 0.113. The molecule has 2 aliphatic heterocycles. The summed E-state index contributed by atoms with van der Waals surface area (Å²) in [4.78, 5) is 32.0. The van der Waals surface area contributed by atoms with E-state index in [1.165, 1.54) is 11.0 Å². The fourth-order valence-electron chi connectivity index (χ4n) is 5.09. The van der Waals surface area contributed by atoms with Crippen molar-refractivity contribution in [1.82, 2.24) is 10.2 Å². The highest BCUT2D eigenvalue weighted by molar-refractivity contribution is 5.99. The summed E-state index contributed by atoms with van der Waals surface area (Å²) < 4.78 is 50.6. The number of para-hydroxylation sites is 1. The van der Waals surface area contributed by atoms with Crippen molar-refractivity contribution in [1.29, 1.82) is 0 Å². The first-order valence-electron chi connectivity index (χ1n) is 11.7. The first-order chi connectivity index (χ1) is 16.4. The zero-order valence-corrected chi connectivity index (χ0v) is 20.0. The molecule has 0 aromatic heterocycles. The van der Waals surface area contributed by atoms with Gasteiger partial charge in [-0.05, 0) is 38.7 Å². The minimum atomic E-state index is -4.55. The summed E-state index contributed by atoms with van der Waals surface area (Å²) in [6, 6.07) is 5.20. The highest BCUT2D eigenvalue weighted by Crippen LogP contribution is 2.47. The average Bonchev–Trinajstić information content (AvgIpc) is 3.55. The predicted octanol–water partition coefficient (Wildman–Crippen LogP) is 2.92. The number of carbonyl (C=O) groups excluding carboxylic acids is 2. The lowest BCUT2D eigenvalue weighted by Gasteiger charge is -2.38. The number of rotatable bonds is 7. The predicted molar refractivity (Wildman–Crippen MR) is 121 cm³/mol. The minimum Gasteiger partial charge on any atom is -0.480 e. The summed E-state index contributed by atoms with van der Waals surface area (Å²) in [5, 5.41) is 2.80. The number of ether oxygens (including phenoxy) is 2. The molecule has 5 unspecified atom stereocenters. The number of carbonyl (C=O) groups is 2. The van der Waals surface area contributed by atoms with Gasteiger partial charge in [0, 0.05) is 37.7 Å². The number of nitrogens with one attached hydrogen (secondary N) is 1. The average molecular weight is 497 g/mol. The van der Waals surface area contributed by atoms with Crippen LogP contribution in [0.5, 0.6) is 5.75 Å². The van der Waals surface area contributed by atoms with Crippen molar-refractivity contribution in [3.05, 3.63) is 29.8 Å². The fourth-order valence-corrected chi connectivity index (χ4v) is 5.09. The van der Waals surface area contributed by atoms with Gasteiger partial charge in [0.05, 0.1) is 18.0 Å². The quantitative estimate of drug-likeness (QED) is 0.604. The molecule has 4 rings (SSSR count). The first-order valence-corrected chi connectivity index (χ1v) is 11.7. The van der Waals surface area contributed by atoms with Crippen LogP contribution in [0.4, 0.5) is 13.2 Å². The van der Waals surface area contributed by atoms with Crippen LogP contribution in [0.2, 0.25) is 0 Å². The number of methoxy groups -OCH3 is 1. The zero-order chi connectivity index (χ0) is 25.5. The molecular weight excluding hydrogens is 465 g/mol. The van der Waals surface area contributed by atoms with Gasteiger partial charge in [-0.25, -0.2) is 4.99 Å². The van der Waals surface area contributed by atoms with E-state index in [0.717, 1.165) is 0 Å². The number of hydrogen-bond donors (Lipinski definition) is 2. The standard InChI is InChI=1S/C24H31F3N4O4/c1-23(2)12-20(32)31(22(28)30-23)17(8-9-34-3)14-10-15(14)21(33)29-16-11-19(24(25,26)27)35-18-7-5-4-6-13(16)18/h4-7,14-17,19H,8-12H2,1-3H3,(H2,28,30)(H,29,33). The van der Waals surface area contributed by atoms with Crippen molar-refractivity contribution in [2.24, 2.45) is 22.6 Å². The number of hydrogen-bond acceptors (Lipinski definition) is 6. The Morgan fingerprint density at radius 2 is 2.06 bits per heavy atom. The zero-order valence-electron chi connectivity index (χ0n) is 20.0. The third-order valence-corrected chi connectivity index (χ3v) is 6.83. The molecule has 3 N–H and O–H groups in total. The summed E-state index contributed by atoms with van der Waals surface area (Å²) in [5.74, 6) is -0.933. The monoisotopic (exact) mass is 496 g/mol. The number of nitrogens with two attached hydrogens (primary N) is 1. The lowest BCUT2D eigenvalue weighted by atomic mass is 9.95. The van der Waals surface area contributed by atoms with Gasteiger partial charge in [0.2, 0.25) is 11.8 Å². The number of alkyl halides is 3. The third-order valence-electron chi connectivity index (χ3n) is 6.83. The lowest BCUT2D eigenvalue weighted by molar-refractivity contribution is -0.201. The molecule has 2 heterocycles. The van der Waals surface area contributed by atoms with E-state index in [1.807, 2.05) is 13.8 Å². The van der Waals surface area contributed by atoms with Gasteiger partial charge >= 0.3 is 6.18 Å². The van der Waals surface area contributed by atoms with Crippen molar-refractivity contribution >= 4 is 17.8 Å². The second kappa shape index (κ2) is 9.33. The van der Waals surface area contributed by atoms with Gasteiger partial charge in [-0.1, -0.05) is 18.2 Å². The Bertz CT molecular complexity index is 1010. The van der Waals surface area contributed by atoms with Gasteiger partial charge in [-0.15, -0.1) is 0 Å². The van der Waals surface area contributed by atoms with Crippen molar-refractivity contribution in [2.45, 2.75) is 69.4 Å². The summed E-state index contributed by atoms with van der Waals surface area (Å²) in [6.07, 6.45) is -5.81. The van der Waals surface area contributed by atoms with E-state index in [-0.39, 0.29) is 41.9 Å². The molecule has 0 bridgehead atoms. The molecule has 8 nitrogen and oxygen atoms in total. The van der Waals surface area contributed by atoms with Crippen LogP contribution in [0.1, 0.15) is 51.1 Å². The fraction of sp³-hybridized carbons (Fsp3) is 0.625. The third kappa shape index (κ3) is 5.39. The number of benzene rings is 1. The molecule has 11 heteroatoms. The van der Waals surface area contributed by atoms with E-state index in [1.54, 1.807) is 25.3 Å². The van der Waals surface area contributed by atoms with Crippen molar-refractivity contribution in [3.8, 4) is 5.75 Å². The smallest absolute Gasteiger partial charge is 0.425 e. The normalized spacial score (nSPS) is 28.5. The molecule has 0 spiro atoms. The van der Waals surface area contributed by atoms with Crippen molar-refractivity contribution < 1.29 is 32.2 Å². The molecule has 1 fully saturated rings. The van der Waals surface area contributed by atoms with Gasteiger partial charge in [-0.3, -0.25) is 14.5 Å². The second-order valence-electron chi connectivity index (χ2n) is 10.1. The molecule has 35 heavy (non-hydrogen) atoms. The molecule has 1 aromatic carbocycles. The highest BCUT2D eigenvalue weighted by atomic mass is 19.4. The van der Waals surface area contributed by atoms with Gasteiger partial charge in [0.1, 0.15) is 5.75 Å². The Labute approximate surface area is 202 Å². The van der Waals surface area contributed by atoms with Gasteiger partial charge in [0.25, 0.3) is 0 Å². The Hall–Kier alpha value is -2.82. The Morgan fingerprint density at radius 1 is 1.34 bits per heavy atom. The van der Waals surface area contributed by atoms with E-state index >= 15 is 0 Å². The summed E-state index contributed by atoms with van der Waals surface area (Å²) in [5.41, 5.74) is 6.07. The van der Waals surface area contributed by atoms with Crippen LogP contribution in [-0.4, -0.2) is 60.3 Å². The van der Waals surface area contributed by atoms with E-state index < -0.39 is 36.2 Å². The molecular formula is C24H31F3N4O4. The molecule has 1 aliphatic carbocycles. The Kier molecular flexibility index (Phi) is 6.74.